The van der Waals surface area contributed by atoms with Gasteiger partial charge in [-0.05, 0) is 19.3 Å². The number of amides is 1. The number of fused-ring (bicyclic) bond motifs is 1. The van der Waals surface area contributed by atoms with Gasteiger partial charge in [0.1, 0.15) is 6.23 Å². The van der Waals surface area contributed by atoms with Crippen LogP contribution >= 0.6 is 0 Å². The number of aliphatic hydroxyl groups excluding tert-OH is 1. The quantitative estimate of drug-likeness (QED) is 0.553. The molecule has 0 aliphatic carbocycles. The summed E-state index contributed by atoms with van der Waals surface area (Å²) in [5.41, 5.74) is 1.02. The van der Waals surface area contributed by atoms with Crippen LogP contribution in [0.1, 0.15) is 25.7 Å². The van der Waals surface area contributed by atoms with Crippen molar-refractivity contribution in [2.75, 3.05) is 0 Å². The van der Waals surface area contributed by atoms with Crippen LogP contribution in [0.4, 0.5) is 0 Å². The van der Waals surface area contributed by atoms with Crippen molar-refractivity contribution in [3.63, 3.8) is 0 Å². The third-order valence-electron chi connectivity index (χ3n) is 2.28. The van der Waals surface area contributed by atoms with E-state index < -0.39 is 6.23 Å². The van der Waals surface area contributed by atoms with Crippen LogP contribution in [-0.4, -0.2) is 22.1 Å². The van der Waals surface area contributed by atoms with Gasteiger partial charge >= 0.3 is 0 Å². The summed E-state index contributed by atoms with van der Waals surface area (Å²) in [5, 5.41) is 9.41. The van der Waals surface area contributed by atoms with Gasteiger partial charge in [-0.3, -0.25) is 9.69 Å². The molecule has 0 aromatic carbocycles. The van der Waals surface area contributed by atoms with Gasteiger partial charge in [-0.25, -0.2) is 0 Å². The zero-order valence-corrected chi connectivity index (χ0v) is 6.29. The fourth-order valence-electron chi connectivity index (χ4n) is 1.72. The minimum Gasteiger partial charge on any atom is -0.373 e. The predicted molar refractivity (Wildman–Crippen MR) is 39.4 cm³/mol. The average Bonchev–Trinajstić information content (AvgIpc) is 2.34. The minimum atomic E-state index is -0.551. The van der Waals surface area contributed by atoms with Crippen LogP contribution in [0, 0.1) is 0 Å². The fourth-order valence-corrected chi connectivity index (χ4v) is 1.72. The monoisotopic (exact) mass is 153 g/mol. The summed E-state index contributed by atoms with van der Waals surface area (Å²) in [4.78, 5) is 12.7. The summed E-state index contributed by atoms with van der Waals surface area (Å²) < 4.78 is 0. The molecule has 0 aromatic heterocycles. The van der Waals surface area contributed by atoms with Crippen molar-refractivity contribution < 1.29 is 9.90 Å². The Morgan fingerprint density at radius 3 is 3.09 bits per heavy atom. The molecule has 0 saturated carbocycles. The Kier molecular flexibility index (Phi) is 1.46. The molecule has 1 N–H and O–H groups in total. The molecule has 2 rings (SSSR count). The molecular formula is C8H11NO2. The lowest BCUT2D eigenvalue weighted by Crippen LogP contribution is -2.36. The SMILES string of the molecule is O=C1CCC2=CCC[C@@H](O)N12. The molecule has 2 aliphatic rings. The largest absolute Gasteiger partial charge is 0.373 e. The Labute approximate surface area is 65.3 Å². The molecular weight excluding hydrogens is 142 g/mol. The number of carbonyl (C=O) groups excluding carboxylic acids is 1. The molecule has 1 saturated heterocycles. The van der Waals surface area contributed by atoms with E-state index in [2.05, 4.69) is 6.08 Å². The molecule has 3 nitrogen and oxygen atoms in total. The van der Waals surface area contributed by atoms with Crippen LogP contribution in [-0.2, 0) is 4.79 Å². The highest BCUT2D eigenvalue weighted by Crippen LogP contribution is 2.29. The molecule has 0 aromatic rings. The van der Waals surface area contributed by atoms with E-state index in [0.717, 1.165) is 18.5 Å². The van der Waals surface area contributed by atoms with Crippen molar-refractivity contribution in [1.29, 1.82) is 0 Å². The lowest BCUT2D eigenvalue weighted by Gasteiger charge is -2.27. The van der Waals surface area contributed by atoms with E-state index in [9.17, 15) is 9.90 Å². The van der Waals surface area contributed by atoms with Crippen LogP contribution < -0.4 is 0 Å². The smallest absolute Gasteiger partial charge is 0.229 e. The lowest BCUT2D eigenvalue weighted by molar-refractivity contribution is -0.135. The Bertz CT molecular complexity index is 222. The summed E-state index contributed by atoms with van der Waals surface area (Å²) >= 11 is 0. The number of carbonyl (C=O) groups is 1. The van der Waals surface area contributed by atoms with Crippen LogP contribution in [0.25, 0.3) is 0 Å². The van der Waals surface area contributed by atoms with Crippen molar-refractivity contribution in [1.82, 2.24) is 4.90 Å². The fraction of sp³-hybridized carbons (Fsp3) is 0.625. The van der Waals surface area contributed by atoms with Gasteiger partial charge in [0.05, 0.1) is 0 Å². The molecule has 60 valence electrons. The maximum absolute atomic E-state index is 11.1. The van der Waals surface area contributed by atoms with Crippen LogP contribution in [0.3, 0.4) is 0 Å². The van der Waals surface area contributed by atoms with E-state index in [-0.39, 0.29) is 5.91 Å². The van der Waals surface area contributed by atoms with Gasteiger partial charge in [-0.1, -0.05) is 6.08 Å². The Balaban J connectivity index is 2.29. The zero-order valence-electron chi connectivity index (χ0n) is 6.29. The highest BCUT2D eigenvalue weighted by molar-refractivity contribution is 5.81. The number of aliphatic hydroxyl groups is 1. The highest BCUT2D eigenvalue weighted by Gasteiger charge is 2.32. The van der Waals surface area contributed by atoms with Gasteiger partial charge in [-0.15, -0.1) is 0 Å². The van der Waals surface area contributed by atoms with Gasteiger partial charge in [0.25, 0.3) is 0 Å². The van der Waals surface area contributed by atoms with Gasteiger partial charge in [-0.2, -0.15) is 0 Å². The second-order valence-corrected chi connectivity index (χ2v) is 3.02. The van der Waals surface area contributed by atoms with Crippen molar-refractivity contribution in [3.05, 3.63) is 11.8 Å². The van der Waals surface area contributed by atoms with E-state index in [4.69, 9.17) is 0 Å². The van der Waals surface area contributed by atoms with Gasteiger partial charge in [0.15, 0.2) is 0 Å². The molecule has 1 atom stereocenters. The highest BCUT2D eigenvalue weighted by atomic mass is 16.3. The van der Waals surface area contributed by atoms with Gasteiger partial charge in [0.2, 0.25) is 5.91 Å². The van der Waals surface area contributed by atoms with E-state index in [1.807, 2.05) is 0 Å². The second kappa shape index (κ2) is 2.34. The van der Waals surface area contributed by atoms with Crippen LogP contribution in [0.15, 0.2) is 11.8 Å². The first-order chi connectivity index (χ1) is 5.29. The molecule has 0 bridgehead atoms. The van der Waals surface area contributed by atoms with E-state index >= 15 is 0 Å². The molecule has 11 heavy (non-hydrogen) atoms. The Morgan fingerprint density at radius 2 is 2.36 bits per heavy atom. The van der Waals surface area contributed by atoms with Crippen molar-refractivity contribution in [2.45, 2.75) is 31.9 Å². The molecule has 0 radical (unpaired) electrons. The first-order valence-corrected chi connectivity index (χ1v) is 3.98. The molecule has 0 spiro atoms. The Hall–Kier alpha value is -0.830. The summed E-state index contributed by atoms with van der Waals surface area (Å²) in [5.74, 6) is 0.0726. The zero-order chi connectivity index (χ0) is 7.84. The first kappa shape index (κ1) is 6.85. The number of hydrogen-bond donors (Lipinski definition) is 1. The van der Waals surface area contributed by atoms with Crippen LogP contribution in [0.5, 0.6) is 0 Å². The van der Waals surface area contributed by atoms with E-state index in [0.29, 0.717) is 12.8 Å². The Morgan fingerprint density at radius 1 is 1.55 bits per heavy atom. The van der Waals surface area contributed by atoms with Crippen molar-refractivity contribution in [2.24, 2.45) is 0 Å². The molecule has 1 amide bonds. The predicted octanol–water partition coefficient (Wildman–Crippen LogP) is 0.605. The minimum absolute atomic E-state index is 0.0726. The maximum atomic E-state index is 11.1. The van der Waals surface area contributed by atoms with Crippen LogP contribution in [0.2, 0.25) is 0 Å². The van der Waals surface area contributed by atoms with Crippen molar-refractivity contribution >= 4 is 5.91 Å². The van der Waals surface area contributed by atoms with Gasteiger partial charge in [0, 0.05) is 12.1 Å². The molecule has 2 heterocycles. The maximum Gasteiger partial charge on any atom is 0.229 e. The number of rotatable bonds is 0. The number of hydrogen-bond acceptors (Lipinski definition) is 2. The van der Waals surface area contributed by atoms with E-state index in [1.165, 1.54) is 4.90 Å². The third-order valence-corrected chi connectivity index (χ3v) is 2.28. The van der Waals surface area contributed by atoms with E-state index in [1.54, 1.807) is 0 Å². The summed E-state index contributed by atoms with van der Waals surface area (Å²) in [6.45, 7) is 0. The summed E-state index contributed by atoms with van der Waals surface area (Å²) in [6, 6.07) is 0. The normalized spacial score (nSPS) is 30.3. The number of nitrogens with zero attached hydrogens (tertiary/aromatic N) is 1. The summed E-state index contributed by atoms with van der Waals surface area (Å²) in [6.07, 6.45) is 4.48. The molecule has 0 unspecified atom stereocenters. The third kappa shape index (κ3) is 0.959. The topological polar surface area (TPSA) is 40.5 Å². The molecule has 2 aliphatic heterocycles. The molecule has 3 heteroatoms. The second-order valence-electron chi connectivity index (χ2n) is 3.02. The van der Waals surface area contributed by atoms with Gasteiger partial charge < -0.3 is 5.11 Å². The summed E-state index contributed by atoms with van der Waals surface area (Å²) in [7, 11) is 0. The standard InChI is InChI=1S/C8H11NO2/c10-7-3-1-2-6-4-5-8(11)9(6)7/h2,7,10H,1,3-5H2/t7-/m1/s1. The first-order valence-electron chi connectivity index (χ1n) is 3.98. The lowest BCUT2D eigenvalue weighted by atomic mass is 10.1. The molecule has 1 fully saturated rings. The van der Waals surface area contributed by atoms with Crippen molar-refractivity contribution in [3.8, 4) is 0 Å². The number of allylic oxidation sites excluding steroid dienone is 2. The average molecular weight is 153 g/mol.